The third-order valence-corrected chi connectivity index (χ3v) is 2.56. The van der Waals surface area contributed by atoms with Gasteiger partial charge in [0.05, 0.1) is 5.52 Å². The average molecular weight is 206 g/mol. The number of halogens is 1. The van der Waals surface area contributed by atoms with Gasteiger partial charge in [-0.15, -0.1) is 0 Å². The molecule has 1 N–H and O–H groups in total. The number of benzene rings is 1. The number of aryl methyl sites for hydroxylation is 1. The van der Waals surface area contributed by atoms with Crippen molar-refractivity contribution in [2.75, 3.05) is 13.6 Å². The Morgan fingerprint density at radius 3 is 3.00 bits per heavy atom. The van der Waals surface area contributed by atoms with Crippen molar-refractivity contribution in [3.05, 3.63) is 36.3 Å². The van der Waals surface area contributed by atoms with Crippen molar-refractivity contribution in [1.82, 2.24) is 9.88 Å². The highest BCUT2D eigenvalue weighted by atomic mass is 19.1. The quantitative estimate of drug-likeness (QED) is 0.760. The molecule has 0 aliphatic heterocycles. The molecule has 80 valence electrons. The normalized spacial score (nSPS) is 11.1. The van der Waals surface area contributed by atoms with Gasteiger partial charge in [0, 0.05) is 12.7 Å². The predicted molar refractivity (Wildman–Crippen MR) is 60.4 cm³/mol. The molecule has 0 unspecified atom stereocenters. The first-order valence-corrected chi connectivity index (χ1v) is 5.20. The lowest BCUT2D eigenvalue weighted by Gasteiger charge is -2.04. The fourth-order valence-electron chi connectivity index (χ4n) is 1.78. The van der Waals surface area contributed by atoms with Gasteiger partial charge in [-0.2, -0.15) is 0 Å². The minimum atomic E-state index is -0.170. The predicted octanol–water partition coefficient (Wildman–Crippen LogP) is 2.39. The van der Waals surface area contributed by atoms with Gasteiger partial charge < -0.3 is 9.88 Å². The molecule has 1 aromatic heterocycles. The molecule has 0 saturated carbocycles. The molecule has 15 heavy (non-hydrogen) atoms. The van der Waals surface area contributed by atoms with Gasteiger partial charge in [0.1, 0.15) is 5.82 Å². The third-order valence-electron chi connectivity index (χ3n) is 2.56. The molecule has 3 heteroatoms. The second-order valence-electron chi connectivity index (χ2n) is 3.67. The van der Waals surface area contributed by atoms with Crippen molar-refractivity contribution in [2.45, 2.75) is 13.0 Å². The van der Waals surface area contributed by atoms with Crippen molar-refractivity contribution < 1.29 is 4.39 Å². The van der Waals surface area contributed by atoms with Crippen LogP contribution in [0.1, 0.15) is 6.42 Å². The molecule has 2 rings (SSSR count). The van der Waals surface area contributed by atoms with Crippen molar-refractivity contribution in [2.24, 2.45) is 0 Å². The lowest BCUT2D eigenvalue weighted by Crippen LogP contribution is -2.10. The van der Waals surface area contributed by atoms with E-state index in [9.17, 15) is 4.39 Å². The van der Waals surface area contributed by atoms with Gasteiger partial charge in [-0.3, -0.25) is 0 Å². The van der Waals surface area contributed by atoms with Gasteiger partial charge in [0.2, 0.25) is 0 Å². The summed E-state index contributed by atoms with van der Waals surface area (Å²) in [5.74, 6) is -0.170. The fraction of sp³-hybridized carbons (Fsp3) is 0.333. The fourth-order valence-corrected chi connectivity index (χ4v) is 1.78. The summed E-state index contributed by atoms with van der Waals surface area (Å²) in [4.78, 5) is 0. The number of fused-ring (bicyclic) bond motifs is 1. The van der Waals surface area contributed by atoms with Crippen molar-refractivity contribution in [1.29, 1.82) is 0 Å². The first-order chi connectivity index (χ1) is 7.31. The summed E-state index contributed by atoms with van der Waals surface area (Å²) in [6.07, 6.45) is 3.07. The van der Waals surface area contributed by atoms with E-state index in [0.29, 0.717) is 0 Å². The lowest BCUT2D eigenvalue weighted by atomic mass is 10.2. The van der Waals surface area contributed by atoms with E-state index < -0.39 is 0 Å². The van der Waals surface area contributed by atoms with E-state index in [0.717, 1.165) is 30.4 Å². The van der Waals surface area contributed by atoms with Gasteiger partial charge in [0.25, 0.3) is 0 Å². The maximum Gasteiger partial charge on any atom is 0.125 e. The summed E-state index contributed by atoms with van der Waals surface area (Å²) in [5.41, 5.74) is 0.978. The molecule has 0 aliphatic carbocycles. The molecular weight excluding hydrogens is 191 g/mol. The minimum Gasteiger partial charge on any atom is -0.347 e. The lowest BCUT2D eigenvalue weighted by molar-refractivity contribution is 0.617. The van der Waals surface area contributed by atoms with Crippen molar-refractivity contribution in [3.8, 4) is 0 Å². The molecule has 0 saturated heterocycles. The van der Waals surface area contributed by atoms with E-state index in [1.54, 1.807) is 6.07 Å². The Morgan fingerprint density at radius 2 is 2.20 bits per heavy atom. The Bertz CT molecular complexity index is 448. The Balaban J connectivity index is 2.23. The first-order valence-electron chi connectivity index (χ1n) is 5.20. The Morgan fingerprint density at radius 1 is 1.33 bits per heavy atom. The van der Waals surface area contributed by atoms with Crippen LogP contribution in [0.15, 0.2) is 30.5 Å². The average Bonchev–Trinajstić information content (AvgIpc) is 2.62. The summed E-state index contributed by atoms with van der Waals surface area (Å²) in [5, 5.41) is 4.20. The van der Waals surface area contributed by atoms with E-state index in [1.165, 1.54) is 6.07 Å². The molecule has 1 heterocycles. The summed E-state index contributed by atoms with van der Waals surface area (Å²) in [6.45, 7) is 1.91. The molecule has 0 fully saturated rings. The molecule has 0 spiro atoms. The van der Waals surface area contributed by atoms with Crippen LogP contribution >= 0.6 is 0 Å². The summed E-state index contributed by atoms with van der Waals surface area (Å²) in [6, 6.07) is 6.93. The second kappa shape index (κ2) is 4.45. The Hall–Kier alpha value is -1.35. The standard InChI is InChI=1S/C12H15FN2/c1-14-6-2-7-15-8-5-10-3-4-11(13)9-12(10)15/h3-5,8-9,14H,2,6-7H2,1H3. The maximum absolute atomic E-state index is 13.1. The highest BCUT2D eigenvalue weighted by molar-refractivity contribution is 5.80. The van der Waals surface area contributed by atoms with Gasteiger partial charge in [-0.1, -0.05) is 0 Å². The molecule has 2 nitrogen and oxygen atoms in total. The van der Waals surface area contributed by atoms with Crippen LogP contribution in [0.4, 0.5) is 4.39 Å². The number of nitrogens with one attached hydrogen (secondary N) is 1. The Kier molecular flexibility index (Phi) is 3.02. The molecule has 2 aromatic rings. The summed E-state index contributed by atoms with van der Waals surface area (Å²) < 4.78 is 15.1. The highest BCUT2D eigenvalue weighted by Crippen LogP contribution is 2.17. The monoisotopic (exact) mass is 206 g/mol. The number of nitrogens with zero attached hydrogens (tertiary/aromatic N) is 1. The molecule has 0 radical (unpaired) electrons. The summed E-state index contributed by atoms with van der Waals surface area (Å²) >= 11 is 0. The summed E-state index contributed by atoms with van der Waals surface area (Å²) in [7, 11) is 1.94. The van der Waals surface area contributed by atoms with E-state index >= 15 is 0 Å². The van der Waals surface area contributed by atoms with E-state index in [4.69, 9.17) is 0 Å². The van der Waals surface area contributed by atoms with Crippen LogP contribution in [-0.2, 0) is 6.54 Å². The molecule has 0 amide bonds. The topological polar surface area (TPSA) is 17.0 Å². The number of hydrogen-bond acceptors (Lipinski definition) is 1. The molecule has 1 aromatic carbocycles. The van der Waals surface area contributed by atoms with Gasteiger partial charge in [0.15, 0.2) is 0 Å². The third kappa shape index (κ3) is 2.18. The van der Waals surface area contributed by atoms with Crippen molar-refractivity contribution >= 4 is 10.9 Å². The largest absolute Gasteiger partial charge is 0.347 e. The van der Waals surface area contributed by atoms with Crippen LogP contribution in [0.5, 0.6) is 0 Å². The number of hydrogen-bond donors (Lipinski definition) is 1. The minimum absolute atomic E-state index is 0.170. The van der Waals surface area contributed by atoms with Crippen LogP contribution < -0.4 is 5.32 Å². The Labute approximate surface area is 88.7 Å². The van der Waals surface area contributed by atoms with Gasteiger partial charge in [-0.05, 0) is 49.7 Å². The zero-order chi connectivity index (χ0) is 10.7. The zero-order valence-corrected chi connectivity index (χ0v) is 8.83. The molecular formula is C12H15FN2. The van der Waals surface area contributed by atoms with Crippen molar-refractivity contribution in [3.63, 3.8) is 0 Å². The molecule has 0 bridgehead atoms. The SMILES string of the molecule is CNCCCn1ccc2ccc(F)cc21. The highest BCUT2D eigenvalue weighted by Gasteiger charge is 2.01. The van der Waals surface area contributed by atoms with Crippen LogP contribution in [0, 0.1) is 5.82 Å². The zero-order valence-electron chi connectivity index (χ0n) is 8.83. The van der Waals surface area contributed by atoms with Crippen LogP contribution in [-0.4, -0.2) is 18.2 Å². The first kappa shape index (κ1) is 10.2. The van der Waals surface area contributed by atoms with Crippen LogP contribution in [0.3, 0.4) is 0 Å². The van der Waals surface area contributed by atoms with Gasteiger partial charge in [-0.25, -0.2) is 4.39 Å². The number of aromatic nitrogens is 1. The number of rotatable bonds is 4. The second-order valence-corrected chi connectivity index (χ2v) is 3.67. The van der Waals surface area contributed by atoms with Crippen LogP contribution in [0.2, 0.25) is 0 Å². The van der Waals surface area contributed by atoms with E-state index in [-0.39, 0.29) is 5.82 Å². The molecule has 0 aliphatic rings. The van der Waals surface area contributed by atoms with E-state index in [1.807, 2.05) is 25.4 Å². The smallest absolute Gasteiger partial charge is 0.125 e. The van der Waals surface area contributed by atoms with Crippen LogP contribution in [0.25, 0.3) is 10.9 Å². The molecule has 0 atom stereocenters. The maximum atomic E-state index is 13.1. The van der Waals surface area contributed by atoms with E-state index in [2.05, 4.69) is 9.88 Å². The van der Waals surface area contributed by atoms with Gasteiger partial charge >= 0.3 is 0 Å².